The van der Waals surface area contributed by atoms with Crippen molar-refractivity contribution in [3.8, 4) is 23.5 Å². The van der Waals surface area contributed by atoms with E-state index in [2.05, 4.69) is 5.92 Å². The fraction of sp³-hybridized carbons (Fsp3) is 0. The smallest absolute Gasteiger partial charge is 0.337 e. The van der Waals surface area contributed by atoms with Crippen LogP contribution in [0.5, 0.6) is 0 Å². The summed E-state index contributed by atoms with van der Waals surface area (Å²) in [7, 11) is 0. The number of terminal acetylenes is 1. The topological polar surface area (TPSA) is 74.6 Å². The third-order valence-electron chi connectivity index (χ3n) is 2.85. The van der Waals surface area contributed by atoms with Gasteiger partial charge in [0.05, 0.1) is 16.7 Å². The van der Waals surface area contributed by atoms with E-state index in [4.69, 9.17) is 6.42 Å². The molecule has 0 aromatic heterocycles. The fourth-order valence-electron chi connectivity index (χ4n) is 1.93. The molecular formula is C16H10O4. The van der Waals surface area contributed by atoms with Crippen LogP contribution < -0.4 is 0 Å². The summed E-state index contributed by atoms with van der Waals surface area (Å²) in [6, 6.07) is 11.7. The predicted molar refractivity (Wildman–Crippen MR) is 73.7 cm³/mol. The first-order chi connectivity index (χ1) is 9.54. The van der Waals surface area contributed by atoms with Crippen LogP contribution in [0.25, 0.3) is 11.1 Å². The molecule has 0 radical (unpaired) electrons. The molecule has 2 N–H and O–H groups in total. The minimum atomic E-state index is -1.25. The van der Waals surface area contributed by atoms with Gasteiger partial charge in [0.1, 0.15) is 0 Å². The van der Waals surface area contributed by atoms with Crippen LogP contribution in [0.1, 0.15) is 26.3 Å². The molecule has 2 aromatic rings. The summed E-state index contributed by atoms with van der Waals surface area (Å²) in [5.41, 5.74) is 0.725. The Bertz CT molecular complexity index is 689. The monoisotopic (exact) mass is 266 g/mol. The molecule has 0 atom stereocenters. The zero-order valence-corrected chi connectivity index (χ0v) is 10.3. The van der Waals surface area contributed by atoms with Crippen LogP contribution in [0.3, 0.4) is 0 Å². The molecule has 0 amide bonds. The minimum Gasteiger partial charge on any atom is -0.478 e. The van der Waals surface area contributed by atoms with Crippen LogP contribution in [0, 0.1) is 12.3 Å². The van der Waals surface area contributed by atoms with Crippen molar-refractivity contribution in [2.24, 2.45) is 0 Å². The summed E-state index contributed by atoms with van der Waals surface area (Å²) < 4.78 is 0. The summed E-state index contributed by atoms with van der Waals surface area (Å²) in [5.74, 6) is -0.359. The molecule has 0 aliphatic carbocycles. The summed E-state index contributed by atoms with van der Waals surface area (Å²) in [4.78, 5) is 22.5. The largest absolute Gasteiger partial charge is 0.478 e. The molecule has 0 heterocycles. The molecule has 4 heteroatoms. The lowest BCUT2D eigenvalue weighted by molar-refractivity contribution is 0.0696. The van der Waals surface area contributed by atoms with Crippen LogP contribution in [0.2, 0.25) is 0 Å². The number of carbonyl (C=O) groups is 2. The molecule has 2 rings (SSSR count). The van der Waals surface area contributed by atoms with E-state index in [1.807, 2.05) is 6.07 Å². The fourth-order valence-corrected chi connectivity index (χ4v) is 1.93. The van der Waals surface area contributed by atoms with Crippen LogP contribution in [-0.4, -0.2) is 22.2 Å². The second kappa shape index (κ2) is 5.29. The molecule has 0 saturated carbocycles. The van der Waals surface area contributed by atoms with E-state index in [1.165, 1.54) is 12.1 Å². The normalized spacial score (nSPS) is 9.75. The van der Waals surface area contributed by atoms with Gasteiger partial charge in [-0.2, -0.15) is 0 Å². The van der Waals surface area contributed by atoms with Gasteiger partial charge in [-0.3, -0.25) is 0 Å². The molecule has 0 bridgehead atoms. The molecule has 2 aromatic carbocycles. The number of hydrogen-bond donors (Lipinski definition) is 2. The lowest BCUT2D eigenvalue weighted by Gasteiger charge is -2.09. The zero-order chi connectivity index (χ0) is 14.7. The van der Waals surface area contributed by atoms with Crippen molar-refractivity contribution in [1.29, 1.82) is 0 Å². The molecule has 20 heavy (non-hydrogen) atoms. The Hall–Kier alpha value is -3.06. The highest BCUT2D eigenvalue weighted by atomic mass is 16.4. The maximum Gasteiger partial charge on any atom is 0.337 e. The number of aromatic carboxylic acids is 2. The van der Waals surface area contributed by atoms with E-state index in [0.29, 0.717) is 5.56 Å². The Balaban J connectivity index is 2.77. The molecule has 0 spiro atoms. The average molecular weight is 266 g/mol. The maximum atomic E-state index is 11.3. The van der Waals surface area contributed by atoms with Crippen molar-refractivity contribution in [3.63, 3.8) is 0 Å². The number of rotatable bonds is 3. The SMILES string of the molecule is C#Cc1c(C(=O)O)cc(-c2ccccc2)cc1C(=O)O. The van der Waals surface area contributed by atoms with Crippen LogP contribution >= 0.6 is 0 Å². The average Bonchev–Trinajstić information content (AvgIpc) is 2.46. The van der Waals surface area contributed by atoms with E-state index < -0.39 is 11.9 Å². The predicted octanol–water partition coefficient (Wildman–Crippen LogP) is 2.73. The van der Waals surface area contributed by atoms with Gasteiger partial charge in [0.25, 0.3) is 0 Å². The standard InChI is InChI=1S/C16H10O4/c1-2-12-13(15(17)18)8-11(9-14(12)16(19)20)10-6-4-3-5-7-10/h1,3-9H,(H,17,18)(H,19,20). The summed E-state index contributed by atoms with van der Waals surface area (Å²) >= 11 is 0. The first-order valence-corrected chi connectivity index (χ1v) is 5.71. The van der Waals surface area contributed by atoms with Gasteiger partial charge in [-0.05, 0) is 23.3 Å². The van der Waals surface area contributed by atoms with Crippen LogP contribution in [-0.2, 0) is 0 Å². The summed E-state index contributed by atoms with van der Waals surface area (Å²) in [6.45, 7) is 0. The highest BCUT2D eigenvalue weighted by Gasteiger charge is 2.19. The van der Waals surface area contributed by atoms with E-state index in [1.54, 1.807) is 24.3 Å². The van der Waals surface area contributed by atoms with E-state index in [-0.39, 0.29) is 16.7 Å². The van der Waals surface area contributed by atoms with E-state index in [9.17, 15) is 19.8 Å². The van der Waals surface area contributed by atoms with Crippen LogP contribution in [0.4, 0.5) is 0 Å². The first kappa shape index (κ1) is 13.4. The summed E-state index contributed by atoms with van der Waals surface area (Å²) in [5, 5.41) is 18.4. The lowest BCUT2D eigenvalue weighted by Crippen LogP contribution is -2.08. The van der Waals surface area contributed by atoms with Gasteiger partial charge < -0.3 is 10.2 Å². The molecular weight excluding hydrogens is 256 g/mol. The zero-order valence-electron chi connectivity index (χ0n) is 10.3. The quantitative estimate of drug-likeness (QED) is 0.838. The lowest BCUT2D eigenvalue weighted by atomic mass is 9.94. The van der Waals surface area contributed by atoms with Gasteiger partial charge in [0, 0.05) is 0 Å². The molecule has 0 aliphatic rings. The molecule has 4 nitrogen and oxygen atoms in total. The number of benzene rings is 2. The van der Waals surface area contributed by atoms with Crippen molar-refractivity contribution in [3.05, 3.63) is 59.2 Å². The highest BCUT2D eigenvalue weighted by molar-refractivity contribution is 6.00. The molecule has 0 unspecified atom stereocenters. The van der Waals surface area contributed by atoms with Crippen molar-refractivity contribution < 1.29 is 19.8 Å². The van der Waals surface area contributed by atoms with Crippen molar-refractivity contribution >= 4 is 11.9 Å². The Kier molecular flexibility index (Phi) is 3.54. The third kappa shape index (κ3) is 2.38. The van der Waals surface area contributed by atoms with Gasteiger partial charge in [-0.25, -0.2) is 9.59 Å². The van der Waals surface area contributed by atoms with E-state index in [0.717, 1.165) is 5.56 Å². The maximum absolute atomic E-state index is 11.3. The van der Waals surface area contributed by atoms with Gasteiger partial charge in [0.2, 0.25) is 0 Å². The molecule has 98 valence electrons. The Morgan fingerprint density at radius 3 is 1.80 bits per heavy atom. The number of carboxylic acids is 2. The molecule has 0 fully saturated rings. The second-order valence-electron chi connectivity index (χ2n) is 4.07. The minimum absolute atomic E-state index is 0.121. The Labute approximate surface area is 115 Å². The van der Waals surface area contributed by atoms with E-state index >= 15 is 0 Å². The van der Waals surface area contributed by atoms with Crippen molar-refractivity contribution in [1.82, 2.24) is 0 Å². The number of hydrogen-bond acceptors (Lipinski definition) is 2. The van der Waals surface area contributed by atoms with Gasteiger partial charge in [-0.15, -0.1) is 6.42 Å². The Morgan fingerprint density at radius 1 is 0.900 bits per heavy atom. The van der Waals surface area contributed by atoms with Gasteiger partial charge in [0.15, 0.2) is 0 Å². The highest BCUT2D eigenvalue weighted by Crippen LogP contribution is 2.25. The summed E-state index contributed by atoms with van der Waals surface area (Å²) in [6.07, 6.45) is 5.24. The van der Waals surface area contributed by atoms with Gasteiger partial charge >= 0.3 is 11.9 Å². The van der Waals surface area contributed by atoms with Gasteiger partial charge in [-0.1, -0.05) is 36.3 Å². The van der Waals surface area contributed by atoms with Crippen molar-refractivity contribution in [2.45, 2.75) is 0 Å². The first-order valence-electron chi connectivity index (χ1n) is 5.71. The molecule has 0 aliphatic heterocycles. The molecule has 0 saturated heterocycles. The van der Waals surface area contributed by atoms with Crippen LogP contribution in [0.15, 0.2) is 42.5 Å². The number of carboxylic acid groups (broad SMARTS) is 2. The Morgan fingerprint density at radius 2 is 1.40 bits per heavy atom. The van der Waals surface area contributed by atoms with Crippen molar-refractivity contribution in [2.75, 3.05) is 0 Å². The second-order valence-corrected chi connectivity index (χ2v) is 4.07. The third-order valence-corrected chi connectivity index (χ3v) is 2.85.